The molecule has 0 saturated heterocycles. The van der Waals surface area contributed by atoms with Gasteiger partial charge in [-0.1, -0.05) is 37.6 Å². The Labute approximate surface area is 168 Å². The summed E-state index contributed by atoms with van der Waals surface area (Å²) in [5, 5.41) is 2.84. The molecule has 0 bridgehead atoms. The zero-order chi connectivity index (χ0) is 20.9. The number of hydrogen-bond acceptors (Lipinski definition) is 3. The molecule has 0 fully saturated rings. The first-order valence-electron chi connectivity index (χ1n) is 9.60. The molecule has 0 aliphatic carbocycles. The number of amides is 1. The van der Waals surface area contributed by atoms with Gasteiger partial charge in [-0.2, -0.15) is 0 Å². The first kappa shape index (κ1) is 22.0. The van der Waals surface area contributed by atoms with Gasteiger partial charge >= 0.3 is 0 Å². The number of rotatable bonds is 8. The van der Waals surface area contributed by atoms with Crippen LogP contribution in [0.1, 0.15) is 43.4 Å². The fraction of sp³-hybridized carbons (Fsp3) is 0.409. The van der Waals surface area contributed by atoms with Crippen molar-refractivity contribution in [2.75, 3.05) is 15.9 Å². The van der Waals surface area contributed by atoms with E-state index < -0.39 is 16.1 Å². The lowest BCUT2D eigenvalue weighted by Gasteiger charge is -2.29. The number of carbonyl (C=O) groups excluding carboxylic acids is 1. The Morgan fingerprint density at radius 1 is 1.11 bits per heavy atom. The van der Waals surface area contributed by atoms with E-state index in [2.05, 4.69) is 12.2 Å². The quantitative estimate of drug-likeness (QED) is 0.710. The highest BCUT2D eigenvalue weighted by Gasteiger charge is 2.30. The molecule has 0 spiro atoms. The van der Waals surface area contributed by atoms with Gasteiger partial charge in [0.2, 0.25) is 15.9 Å². The van der Waals surface area contributed by atoms with Gasteiger partial charge in [0.15, 0.2) is 0 Å². The molecule has 1 N–H and O–H groups in total. The zero-order valence-corrected chi connectivity index (χ0v) is 18.1. The minimum atomic E-state index is -3.64. The smallest absolute Gasteiger partial charge is 0.247 e. The van der Waals surface area contributed by atoms with Crippen molar-refractivity contribution in [3.05, 3.63) is 59.2 Å². The van der Waals surface area contributed by atoms with Crippen LogP contribution in [-0.4, -0.2) is 26.6 Å². The predicted octanol–water partition coefficient (Wildman–Crippen LogP) is 4.44. The van der Waals surface area contributed by atoms with Gasteiger partial charge in [0, 0.05) is 5.69 Å². The van der Waals surface area contributed by atoms with Crippen LogP contribution in [0.2, 0.25) is 0 Å². The largest absolute Gasteiger partial charge is 0.324 e. The third-order valence-corrected chi connectivity index (χ3v) is 5.96. The Hall–Kier alpha value is -2.34. The summed E-state index contributed by atoms with van der Waals surface area (Å²) in [7, 11) is -3.64. The minimum Gasteiger partial charge on any atom is -0.324 e. The summed E-state index contributed by atoms with van der Waals surface area (Å²) in [5.41, 5.74) is 4.15. The maximum absolute atomic E-state index is 12.8. The van der Waals surface area contributed by atoms with Crippen LogP contribution in [0.5, 0.6) is 0 Å². The molecule has 1 atom stereocenters. The molecule has 0 radical (unpaired) electrons. The normalized spacial score (nSPS) is 12.5. The van der Waals surface area contributed by atoms with Gasteiger partial charge in [-0.3, -0.25) is 9.10 Å². The van der Waals surface area contributed by atoms with E-state index in [0.29, 0.717) is 11.4 Å². The lowest BCUT2D eigenvalue weighted by molar-refractivity contribution is -0.116. The number of carbonyl (C=O) groups is 1. The van der Waals surface area contributed by atoms with E-state index in [4.69, 9.17) is 0 Å². The summed E-state index contributed by atoms with van der Waals surface area (Å²) in [4.78, 5) is 12.8. The second-order valence-electron chi connectivity index (χ2n) is 7.31. The highest BCUT2D eigenvalue weighted by atomic mass is 32.2. The number of anilines is 2. The van der Waals surface area contributed by atoms with Crippen LogP contribution in [0.15, 0.2) is 42.5 Å². The fourth-order valence-corrected chi connectivity index (χ4v) is 4.34. The van der Waals surface area contributed by atoms with Gasteiger partial charge in [0.25, 0.3) is 0 Å². The molecular formula is C22H30N2O3S. The molecule has 152 valence electrons. The average molecular weight is 403 g/mol. The molecule has 2 aromatic carbocycles. The van der Waals surface area contributed by atoms with Crippen molar-refractivity contribution in [2.45, 2.75) is 53.0 Å². The maximum atomic E-state index is 12.8. The first-order valence-corrected chi connectivity index (χ1v) is 11.4. The van der Waals surface area contributed by atoms with Crippen molar-refractivity contribution >= 4 is 27.3 Å². The van der Waals surface area contributed by atoms with Gasteiger partial charge in [-0.05, 0) is 68.5 Å². The van der Waals surface area contributed by atoms with Gasteiger partial charge in [-0.15, -0.1) is 0 Å². The van der Waals surface area contributed by atoms with Gasteiger partial charge in [0.1, 0.15) is 6.04 Å². The number of unbranched alkanes of at least 4 members (excludes halogenated alkanes) is 1. The molecule has 28 heavy (non-hydrogen) atoms. The summed E-state index contributed by atoms with van der Waals surface area (Å²) in [6, 6.07) is 12.4. The molecule has 0 aliphatic rings. The second-order valence-corrected chi connectivity index (χ2v) is 9.17. The Bertz CT molecular complexity index is 921. The van der Waals surface area contributed by atoms with E-state index in [9.17, 15) is 13.2 Å². The zero-order valence-electron chi connectivity index (χ0n) is 17.3. The fourth-order valence-electron chi connectivity index (χ4n) is 3.12. The molecule has 0 aromatic heterocycles. The van der Waals surface area contributed by atoms with Crippen LogP contribution >= 0.6 is 0 Å². The molecule has 0 unspecified atom stereocenters. The van der Waals surface area contributed by atoms with E-state index in [1.165, 1.54) is 9.87 Å². The molecule has 0 aliphatic heterocycles. The number of nitrogens with one attached hydrogen (secondary N) is 1. The Morgan fingerprint density at radius 2 is 1.75 bits per heavy atom. The summed E-state index contributed by atoms with van der Waals surface area (Å²) in [6.07, 6.45) is 4.40. The minimum absolute atomic E-state index is 0.368. The number of benzene rings is 2. The van der Waals surface area contributed by atoms with Crippen molar-refractivity contribution in [2.24, 2.45) is 0 Å². The highest BCUT2D eigenvalue weighted by Crippen LogP contribution is 2.26. The monoisotopic (exact) mass is 402 g/mol. The molecule has 2 aromatic rings. The summed E-state index contributed by atoms with van der Waals surface area (Å²) >= 11 is 0. The van der Waals surface area contributed by atoms with E-state index >= 15 is 0 Å². The highest BCUT2D eigenvalue weighted by molar-refractivity contribution is 7.92. The molecule has 2 rings (SSSR count). The van der Waals surface area contributed by atoms with Crippen LogP contribution in [-0.2, 0) is 21.2 Å². The maximum Gasteiger partial charge on any atom is 0.247 e. The van der Waals surface area contributed by atoms with Crippen LogP contribution < -0.4 is 9.62 Å². The number of aryl methyl sites for hydroxylation is 3. The van der Waals surface area contributed by atoms with Crippen LogP contribution in [0, 0.1) is 13.8 Å². The lowest BCUT2D eigenvalue weighted by Crippen LogP contribution is -2.45. The molecule has 0 heterocycles. The van der Waals surface area contributed by atoms with E-state index in [0.717, 1.165) is 36.6 Å². The van der Waals surface area contributed by atoms with Crippen LogP contribution in [0.3, 0.4) is 0 Å². The van der Waals surface area contributed by atoms with Crippen LogP contribution in [0.25, 0.3) is 0 Å². The van der Waals surface area contributed by atoms with Crippen molar-refractivity contribution < 1.29 is 13.2 Å². The summed E-state index contributed by atoms with van der Waals surface area (Å²) in [6.45, 7) is 7.49. The van der Waals surface area contributed by atoms with Gasteiger partial charge < -0.3 is 5.32 Å². The summed E-state index contributed by atoms with van der Waals surface area (Å²) < 4.78 is 26.2. The van der Waals surface area contributed by atoms with E-state index in [1.54, 1.807) is 13.0 Å². The first-order chi connectivity index (χ1) is 13.1. The van der Waals surface area contributed by atoms with Crippen molar-refractivity contribution in [3.63, 3.8) is 0 Å². The number of sulfonamides is 1. The van der Waals surface area contributed by atoms with E-state index in [1.807, 2.05) is 50.2 Å². The third-order valence-electron chi connectivity index (χ3n) is 4.73. The van der Waals surface area contributed by atoms with Gasteiger partial charge in [-0.25, -0.2) is 8.42 Å². The van der Waals surface area contributed by atoms with Gasteiger partial charge in [0.05, 0.1) is 11.9 Å². The number of nitrogens with zero attached hydrogens (tertiary/aromatic N) is 1. The third kappa shape index (κ3) is 5.58. The summed E-state index contributed by atoms with van der Waals surface area (Å²) in [5.74, 6) is -0.368. The van der Waals surface area contributed by atoms with Crippen molar-refractivity contribution in [1.29, 1.82) is 0 Å². The second kappa shape index (κ2) is 9.24. The molecule has 0 saturated carbocycles. The molecule has 6 heteroatoms. The van der Waals surface area contributed by atoms with Crippen molar-refractivity contribution in [1.82, 2.24) is 0 Å². The number of hydrogen-bond donors (Lipinski definition) is 1. The molecular weight excluding hydrogens is 372 g/mol. The van der Waals surface area contributed by atoms with Crippen molar-refractivity contribution in [3.8, 4) is 0 Å². The lowest BCUT2D eigenvalue weighted by atomic mass is 10.1. The Kier molecular flexibility index (Phi) is 7.24. The molecule has 5 nitrogen and oxygen atoms in total. The standard InChI is InChI=1S/C22H30N2O3S/c1-6-7-8-19-11-13-20(14-12-19)23-22(25)18(4)24(28(5,26)27)21-15-16(2)9-10-17(21)3/h9-15,18H,6-8H2,1-5H3,(H,23,25)/t18-/m1/s1. The predicted molar refractivity (Wildman–Crippen MR) is 116 cm³/mol. The Morgan fingerprint density at radius 3 is 2.32 bits per heavy atom. The average Bonchev–Trinajstić information content (AvgIpc) is 2.63. The Balaban J connectivity index is 2.23. The SMILES string of the molecule is CCCCc1ccc(NC(=O)[C@@H](C)N(c2cc(C)ccc2C)S(C)(=O)=O)cc1. The van der Waals surface area contributed by atoms with E-state index in [-0.39, 0.29) is 5.91 Å². The van der Waals surface area contributed by atoms with Crippen LogP contribution in [0.4, 0.5) is 11.4 Å². The molecule has 1 amide bonds. The topological polar surface area (TPSA) is 66.5 Å².